The third-order valence-corrected chi connectivity index (χ3v) is 1.83. The van der Waals surface area contributed by atoms with E-state index in [4.69, 9.17) is 0 Å². The van der Waals surface area contributed by atoms with Crippen LogP contribution < -0.4 is 0 Å². The highest BCUT2D eigenvalue weighted by Gasteiger charge is 2.34. The van der Waals surface area contributed by atoms with Crippen molar-refractivity contribution in [2.45, 2.75) is 12.2 Å². The Hall–Kier alpha value is -0.630. The third kappa shape index (κ3) is 5.92. The van der Waals surface area contributed by atoms with Crippen LogP contribution >= 0.6 is 0 Å². The molecule has 0 aliphatic rings. The number of alkyl halides is 3. The summed E-state index contributed by atoms with van der Waals surface area (Å²) in [5.74, 6) is -1.31. The van der Waals surface area contributed by atoms with Gasteiger partial charge in [0.25, 0.3) is 0 Å². The zero-order chi connectivity index (χ0) is 11.4. The zero-order valence-corrected chi connectivity index (χ0v) is 7.74. The average molecular weight is 236 g/mol. The Bertz CT molecular complexity index is 287. The van der Waals surface area contributed by atoms with Gasteiger partial charge in [-0.05, 0) is 0 Å². The SMILES string of the molecule is C=CC(CS(=O)(=O)F)OC(F)(F)CF. The lowest BCUT2D eigenvalue weighted by atomic mass is 10.4. The van der Waals surface area contributed by atoms with Crippen LogP contribution in [0.1, 0.15) is 0 Å². The van der Waals surface area contributed by atoms with Crippen molar-refractivity contribution in [3.63, 3.8) is 0 Å². The molecule has 8 heteroatoms. The summed E-state index contributed by atoms with van der Waals surface area (Å²) in [6.07, 6.45) is -5.26. The van der Waals surface area contributed by atoms with E-state index in [0.29, 0.717) is 6.08 Å². The van der Waals surface area contributed by atoms with E-state index >= 15 is 0 Å². The molecule has 0 aromatic carbocycles. The molecule has 0 spiro atoms. The van der Waals surface area contributed by atoms with Crippen LogP contribution in [0.15, 0.2) is 12.7 Å². The van der Waals surface area contributed by atoms with Gasteiger partial charge in [0, 0.05) is 0 Å². The van der Waals surface area contributed by atoms with E-state index in [1.165, 1.54) is 0 Å². The van der Waals surface area contributed by atoms with E-state index in [0.717, 1.165) is 0 Å². The molecule has 0 aliphatic carbocycles. The molecule has 0 radical (unpaired) electrons. The first-order valence-corrected chi connectivity index (χ1v) is 4.92. The molecule has 1 atom stereocenters. The quantitative estimate of drug-likeness (QED) is 0.398. The Morgan fingerprint density at radius 3 is 2.29 bits per heavy atom. The van der Waals surface area contributed by atoms with E-state index in [1.807, 2.05) is 0 Å². The Labute approximate surface area is 78.6 Å². The van der Waals surface area contributed by atoms with Crippen molar-refractivity contribution in [1.82, 2.24) is 0 Å². The molecular formula is C6H8F4O3S. The predicted molar refractivity (Wildman–Crippen MR) is 40.9 cm³/mol. The van der Waals surface area contributed by atoms with Gasteiger partial charge in [0.1, 0.15) is 5.75 Å². The molecule has 0 aliphatic heterocycles. The highest BCUT2D eigenvalue weighted by Crippen LogP contribution is 2.19. The van der Waals surface area contributed by atoms with Crippen molar-refractivity contribution in [1.29, 1.82) is 0 Å². The highest BCUT2D eigenvalue weighted by atomic mass is 32.3. The summed E-state index contributed by atoms with van der Waals surface area (Å²) in [7, 11) is -4.97. The molecular weight excluding hydrogens is 228 g/mol. The van der Waals surface area contributed by atoms with Crippen LogP contribution in [0.5, 0.6) is 0 Å². The summed E-state index contributed by atoms with van der Waals surface area (Å²) in [6, 6.07) is 0. The van der Waals surface area contributed by atoms with E-state index in [9.17, 15) is 25.5 Å². The van der Waals surface area contributed by atoms with Crippen LogP contribution in [0.3, 0.4) is 0 Å². The fourth-order valence-electron chi connectivity index (χ4n) is 0.599. The number of hydrogen-bond donors (Lipinski definition) is 0. The lowest BCUT2D eigenvalue weighted by Crippen LogP contribution is -2.32. The van der Waals surface area contributed by atoms with Crippen LogP contribution in [-0.2, 0) is 15.0 Å². The first-order chi connectivity index (χ1) is 6.20. The lowest BCUT2D eigenvalue weighted by molar-refractivity contribution is -0.257. The molecule has 0 amide bonds. The fraction of sp³-hybridized carbons (Fsp3) is 0.667. The van der Waals surface area contributed by atoms with Gasteiger partial charge in [-0.2, -0.15) is 17.2 Å². The van der Waals surface area contributed by atoms with Crippen molar-refractivity contribution in [2.24, 2.45) is 0 Å². The van der Waals surface area contributed by atoms with Crippen molar-refractivity contribution in [3.05, 3.63) is 12.7 Å². The van der Waals surface area contributed by atoms with Gasteiger partial charge in [-0.3, -0.25) is 0 Å². The Morgan fingerprint density at radius 1 is 1.50 bits per heavy atom. The molecule has 0 heterocycles. The molecule has 84 valence electrons. The summed E-state index contributed by atoms with van der Waals surface area (Å²) in [5, 5.41) is 0. The minimum atomic E-state index is -4.97. The molecule has 1 unspecified atom stereocenters. The summed E-state index contributed by atoms with van der Waals surface area (Å²) in [6.45, 7) is 0.830. The first-order valence-electron chi connectivity index (χ1n) is 3.36. The van der Waals surface area contributed by atoms with E-state index < -0.39 is 34.9 Å². The van der Waals surface area contributed by atoms with Crippen LogP contribution in [-0.4, -0.2) is 33.1 Å². The minimum Gasteiger partial charge on any atom is -0.310 e. The standard InChI is InChI=1S/C6H8F4O3S/c1-2-5(3-14(10,11)12)13-6(8,9)4-7/h2,5H,1,3-4H2. The molecule has 0 aromatic heterocycles. The van der Waals surface area contributed by atoms with Crippen molar-refractivity contribution in [2.75, 3.05) is 12.4 Å². The molecule has 0 bridgehead atoms. The number of hydrogen-bond acceptors (Lipinski definition) is 3. The van der Waals surface area contributed by atoms with E-state index in [-0.39, 0.29) is 0 Å². The maximum atomic E-state index is 12.2. The first kappa shape index (κ1) is 13.4. The molecule has 0 saturated carbocycles. The fourth-order valence-corrected chi connectivity index (χ4v) is 1.20. The second-order valence-electron chi connectivity index (χ2n) is 2.37. The van der Waals surface area contributed by atoms with Crippen molar-refractivity contribution >= 4 is 10.2 Å². The topological polar surface area (TPSA) is 43.4 Å². The average Bonchev–Trinajstić information content (AvgIpc) is 2.00. The molecule has 0 aromatic rings. The normalized spacial score (nSPS) is 15.1. The summed E-state index contributed by atoms with van der Waals surface area (Å²) >= 11 is 0. The number of rotatable bonds is 6. The van der Waals surface area contributed by atoms with Gasteiger partial charge >= 0.3 is 16.3 Å². The highest BCUT2D eigenvalue weighted by molar-refractivity contribution is 7.86. The second-order valence-corrected chi connectivity index (χ2v) is 3.78. The molecule has 0 N–H and O–H groups in total. The summed E-state index contributed by atoms with van der Waals surface area (Å²) in [5.41, 5.74) is 0. The van der Waals surface area contributed by atoms with Gasteiger partial charge in [-0.1, -0.05) is 6.08 Å². The smallest absolute Gasteiger partial charge is 0.310 e. The third-order valence-electron chi connectivity index (χ3n) is 1.11. The van der Waals surface area contributed by atoms with Crippen molar-refractivity contribution < 1.29 is 30.2 Å². The lowest BCUT2D eigenvalue weighted by Gasteiger charge is -2.18. The minimum absolute atomic E-state index is 0.653. The van der Waals surface area contributed by atoms with Crippen molar-refractivity contribution in [3.8, 4) is 0 Å². The second kappa shape index (κ2) is 4.74. The van der Waals surface area contributed by atoms with Crippen LogP contribution in [0, 0.1) is 0 Å². The maximum absolute atomic E-state index is 12.2. The molecule has 0 fully saturated rings. The molecule has 3 nitrogen and oxygen atoms in total. The van der Waals surface area contributed by atoms with E-state index in [1.54, 1.807) is 0 Å². The number of ether oxygens (including phenoxy) is 1. The van der Waals surface area contributed by atoms with Gasteiger partial charge in [0.15, 0.2) is 6.67 Å². The van der Waals surface area contributed by atoms with Crippen LogP contribution in [0.4, 0.5) is 17.1 Å². The van der Waals surface area contributed by atoms with Gasteiger partial charge < -0.3 is 4.74 Å². The Kier molecular flexibility index (Phi) is 4.53. The summed E-state index contributed by atoms with van der Waals surface area (Å²) in [4.78, 5) is 0. The molecule has 14 heavy (non-hydrogen) atoms. The molecule has 0 saturated heterocycles. The number of halogens is 4. The Balaban J connectivity index is 4.39. The molecule has 0 rings (SSSR count). The van der Waals surface area contributed by atoms with Gasteiger partial charge in [0.05, 0.1) is 6.10 Å². The van der Waals surface area contributed by atoms with Gasteiger partial charge in [0.2, 0.25) is 0 Å². The Morgan fingerprint density at radius 2 is 2.00 bits per heavy atom. The largest absolute Gasteiger partial charge is 0.384 e. The van der Waals surface area contributed by atoms with Gasteiger partial charge in [-0.25, -0.2) is 4.39 Å². The van der Waals surface area contributed by atoms with Gasteiger partial charge in [-0.15, -0.1) is 10.5 Å². The zero-order valence-electron chi connectivity index (χ0n) is 6.92. The monoisotopic (exact) mass is 236 g/mol. The maximum Gasteiger partial charge on any atom is 0.384 e. The van der Waals surface area contributed by atoms with Crippen LogP contribution in [0.2, 0.25) is 0 Å². The summed E-state index contributed by atoms with van der Waals surface area (Å²) < 4.78 is 71.7. The van der Waals surface area contributed by atoms with Crippen LogP contribution in [0.25, 0.3) is 0 Å². The predicted octanol–water partition coefficient (Wildman–Crippen LogP) is 1.42. The van der Waals surface area contributed by atoms with E-state index in [2.05, 4.69) is 11.3 Å².